The highest BCUT2D eigenvalue weighted by Crippen LogP contribution is 2.32. The summed E-state index contributed by atoms with van der Waals surface area (Å²) < 4.78 is 0. The normalized spacial score (nSPS) is 17.8. The summed E-state index contributed by atoms with van der Waals surface area (Å²) in [5.41, 5.74) is 10.5. The molecular weight excluding hydrogens is 220 g/mol. The lowest BCUT2D eigenvalue weighted by Crippen LogP contribution is -2.41. The SMILES string of the molecule is Cc1ccc(C(C)(C)CNCC2(N)CC2)c(C)c1. The molecule has 1 aromatic carbocycles. The molecule has 2 heteroatoms. The fraction of sp³-hybridized carbons (Fsp3) is 0.625. The molecule has 1 saturated carbocycles. The monoisotopic (exact) mass is 246 g/mol. The molecule has 0 atom stereocenters. The van der Waals surface area contributed by atoms with E-state index < -0.39 is 0 Å². The molecule has 0 unspecified atom stereocenters. The quantitative estimate of drug-likeness (QED) is 0.838. The minimum absolute atomic E-state index is 0.0956. The van der Waals surface area contributed by atoms with Crippen molar-refractivity contribution in [1.29, 1.82) is 0 Å². The van der Waals surface area contributed by atoms with E-state index in [-0.39, 0.29) is 11.0 Å². The van der Waals surface area contributed by atoms with E-state index in [1.807, 2.05) is 0 Å². The molecule has 0 saturated heterocycles. The molecule has 0 amide bonds. The van der Waals surface area contributed by atoms with Gasteiger partial charge in [-0.1, -0.05) is 37.6 Å². The second kappa shape index (κ2) is 4.67. The van der Waals surface area contributed by atoms with Crippen molar-refractivity contribution in [3.05, 3.63) is 34.9 Å². The molecule has 3 N–H and O–H groups in total. The van der Waals surface area contributed by atoms with Crippen LogP contribution in [0.5, 0.6) is 0 Å². The Bertz CT molecular complexity index is 431. The van der Waals surface area contributed by atoms with Crippen LogP contribution in [0.2, 0.25) is 0 Å². The van der Waals surface area contributed by atoms with Crippen LogP contribution in [0, 0.1) is 13.8 Å². The highest BCUT2D eigenvalue weighted by molar-refractivity contribution is 5.35. The number of nitrogens with one attached hydrogen (secondary N) is 1. The van der Waals surface area contributed by atoms with Gasteiger partial charge in [0.25, 0.3) is 0 Å². The molecular formula is C16H26N2. The minimum Gasteiger partial charge on any atom is -0.324 e. The summed E-state index contributed by atoms with van der Waals surface area (Å²) in [4.78, 5) is 0. The van der Waals surface area contributed by atoms with Crippen molar-refractivity contribution in [1.82, 2.24) is 5.32 Å². The average Bonchev–Trinajstić information content (AvgIpc) is 2.95. The zero-order valence-electron chi connectivity index (χ0n) is 12.1. The van der Waals surface area contributed by atoms with Crippen LogP contribution in [0.4, 0.5) is 0 Å². The van der Waals surface area contributed by atoms with Crippen molar-refractivity contribution in [2.75, 3.05) is 13.1 Å². The van der Waals surface area contributed by atoms with E-state index in [2.05, 4.69) is 51.2 Å². The van der Waals surface area contributed by atoms with E-state index in [4.69, 9.17) is 5.73 Å². The number of nitrogens with two attached hydrogens (primary N) is 1. The maximum absolute atomic E-state index is 6.10. The van der Waals surface area contributed by atoms with Gasteiger partial charge in [0.2, 0.25) is 0 Å². The topological polar surface area (TPSA) is 38.0 Å². The zero-order valence-corrected chi connectivity index (χ0v) is 12.1. The Morgan fingerprint density at radius 2 is 1.94 bits per heavy atom. The average molecular weight is 246 g/mol. The Kier molecular flexibility index (Phi) is 3.52. The molecule has 0 radical (unpaired) electrons. The van der Waals surface area contributed by atoms with Crippen molar-refractivity contribution in [3.63, 3.8) is 0 Å². The lowest BCUT2D eigenvalue weighted by atomic mass is 9.81. The molecule has 2 rings (SSSR count). The van der Waals surface area contributed by atoms with Crippen molar-refractivity contribution >= 4 is 0 Å². The molecule has 18 heavy (non-hydrogen) atoms. The first-order valence-corrected chi connectivity index (χ1v) is 6.90. The third-order valence-corrected chi connectivity index (χ3v) is 4.05. The first-order valence-electron chi connectivity index (χ1n) is 6.90. The molecule has 0 aliphatic heterocycles. The molecule has 2 nitrogen and oxygen atoms in total. The number of hydrogen-bond donors (Lipinski definition) is 2. The second-order valence-electron chi connectivity index (χ2n) is 6.67. The van der Waals surface area contributed by atoms with Gasteiger partial charge >= 0.3 is 0 Å². The van der Waals surface area contributed by atoms with E-state index >= 15 is 0 Å². The predicted octanol–water partition coefficient (Wildman–Crippen LogP) is 2.66. The third-order valence-electron chi connectivity index (χ3n) is 4.05. The van der Waals surface area contributed by atoms with Crippen LogP contribution in [0.3, 0.4) is 0 Å². The fourth-order valence-electron chi connectivity index (χ4n) is 2.63. The maximum atomic E-state index is 6.10. The molecule has 0 aromatic heterocycles. The van der Waals surface area contributed by atoms with Gasteiger partial charge in [-0.25, -0.2) is 0 Å². The molecule has 1 aromatic rings. The van der Waals surface area contributed by atoms with Gasteiger partial charge in [-0.15, -0.1) is 0 Å². The van der Waals surface area contributed by atoms with Gasteiger partial charge in [-0.2, -0.15) is 0 Å². The van der Waals surface area contributed by atoms with E-state index in [0.717, 1.165) is 13.1 Å². The van der Waals surface area contributed by atoms with Crippen LogP contribution in [0.25, 0.3) is 0 Å². The van der Waals surface area contributed by atoms with Crippen LogP contribution < -0.4 is 11.1 Å². The van der Waals surface area contributed by atoms with Crippen molar-refractivity contribution in [3.8, 4) is 0 Å². The summed E-state index contributed by atoms with van der Waals surface area (Å²) in [5.74, 6) is 0. The van der Waals surface area contributed by atoms with Crippen molar-refractivity contribution in [2.24, 2.45) is 5.73 Å². The van der Waals surface area contributed by atoms with Gasteiger partial charge < -0.3 is 11.1 Å². The minimum atomic E-state index is 0.0956. The Hall–Kier alpha value is -0.860. The highest BCUT2D eigenvalue weighted by atomic mass is 15.0. The van der Waals surface area contributed by atoms with Crippen LogP contribution >= 0.6 is 0 Å². The van der Waals surface area contributed by atoms with E-state index in [9.17, 15) is 0 Å². The van der Waals surface area contributed by atoms with E-state index in [0.29, 0.717) is 0 Å². The number of hydrogen-bond acceptors (Lipinski definition) is 2. The number of benzene rings is 1. The number of aryl methyl sites for hydroxylation is 2. The van der Waals surface area contributed by atoms with E-state index in [1.165, 1.54) is 29.5 Å². The van der Waals surface area contributed by atoms with Gasteiger partial charge in [-0.05, 0) is 37.8 Å². The lowest BCUT2D eigenvalue weighted by Gasteiger charge is -2.28. The molecule has 1 aliphatic carbocycles. The van der Waals surface area contributed by atoms with Gasteiger partial charge in [0.1, 0.15) is 0 Å². The van der Waals surface area contributed by atoms with Crippen molar-refractivity contribution < 1.29 is 0 Å². The lowest BCUT2D eigenvalue weighted by molar-refractivity contribution is 0.447. The van der Waals surface area contributed by atoms with Crippen molar-refractivity contribution in [2.45, 2.75) is 51.5 Å². The summed E-state index contributed by atoms with van der Waals surface area (Å²) in [6.07, 6.45) is 2.34. The molecule has 0 heterocycles. The van der Waals surface area contributed by atoms with Crippen LogP contribution in [-0.4, -0.2) is 18.6 Å². The number of rotatable bonds is 5. The van der Waals surface area contributed by atoms with Gasteiger partial charge in [-0.3, -0.25) is 0 Å². The molecule has 0 bridgehead atoms. The second-order valence-corrected chi connectivity index (χ2v) is 6.67. The summed E-state index contributed by atoms with van der Waals surface area (Å²) in [6.45, 7) is 10.9. The highest BCUT2D eigenvalue weighted by Gasteiger charge is 2.38. The summed E-state index contributed by atoms with van der Waals surface area (Å²) >= 11 is 0. The Morgan fingerprint density at radius 3 is 2.50 bits per heavy atom. The largest absolute Gasteiger partial charge is 0.324 e. The molecule has 100 valence electrons. The fourth-order valence-corrected chi connectivity index (χ4v) is 2.63. The zero-order chi connectivity index (χ0) is 13.4. The Balaban J connectivity index is 2.00. The Labute approximate surface area is 111 Å². The van der Waals surface area contributed by atoms with Gasteiger partial charge in [0, 0.05) is 24.0 Å². The van der Waals surface area contributed by atoms with Gasteiger partial charge in [0.05, 0.1) is 0 Å². The maximum Gasteiger partial charge on any atom is 0.0282 e. The first kappa shape index (κ1) is 13.6. The predicted molar refractivity (Wildman–Crippen MR) is 78.0 cm³/mol. The first-order chi connectivity index (χ1) is 8.32. The third kappa shape index (κ3) is 3.12. The van der Waals surface area contributed by atoms with Crippen LogP contribution in [0.1, 0.15) is 43.4 Å². The van der Waals surface area contributed by atoms with Crippen LogP contribution in [0.15, 0.2) is 18.2 Å². The summed E-state index contributed by atoms with van der Waals surface area (Å²) in [7, 11) is 0. The van der Waals surface area contributed by atoms with Gasteiger partial charge in [0.15, 0.2) is 0 Å². The summed E-state index contributed by atoms with van der Waals surface area (Å²) in [5, 5.41) is 3.54. The van der Waals surface area contributed by atoms with E-state index in [1.54, 1.807) is 0 Å². The smallest absolute Gasteiger partial charge is 0.0282 e. The molecule has 0 spiro atoms. The summed E-state index contributed by atoms with van der Waals surface area (Å²) in [6, 6.07) is 6.74. The molecule has 1 aliphatic rings. The standard InChI is InChI=1S/C16H26N2/c1-12-5-6-14(13(2)9-12)15(3,4)10-18-11-16(17)7-8-16/h5-6,9,18H,7-8,10-11,17H2,1-4H3. The Morgan fingerprint density at radius 1 is 1.28 bits per heavy atom. The molecule has 1 fully saturated rings. The van der Waals surface area contributed by atoms with Crippen LogP contribution in [-0.2, 0) is 5.41 Å².